The maximum Gasteiger partial charge on any atom is 0.235 e. The second-order valence-corrected chi connectivity index (χ2v) is 6.88. The molecule has 0 fully saturated rings. The molecular formula is C14H22N2O5S. The van der Waals surface area contributed by atoms with Gasteiger partial charge in [-0.15, -0.1) is 0 Å². The van der Waals surface area contributed by atoms with Gasteiger partial charge in [0.25, 0.3) is 0 Å². The number of carbonyl (C=O) groups is 1. The van der Waals surface area contributed by atoms with Crippen molar-refractivity contribution in [2.75, 3.05) is 40.6 Å². The van der Waals surface area contributed by atoms with Crippen LogP contribution in [0.4, 0.5) is 0 Å². The number of hydrogen-bond donors (Lipinski definition) is 1. The van der Waals surface area contributed by atoms with Crippen LogP contribution in [-0.2, 0) is 19.6 Å². The first-order chi connectivity index (χ1) is 10.3. The Morgan fingerprint density at radius 2 is 1.95 bits per heavy atom. The first kappa shape index (κ1) is 18.4. The molecule has 8 heteroatoms. The Balaban J connectivity index is 2.66. The largest absolute Gasteiger partial charge is 0.496 e. The van der Waals surface area contributed by atoms with Gasteiger partial charge in [-0.3, -0.25) is 4.79 Å². The van der Waals surface area contributed by atoms with Crippen LogP contribution >= 0.6 is 0 Å². The summed E-state index contributed by atoms with van der Waals surface area (Å²) in [6, 6.07) is 7.35. The molecule has 1 aromatic rings. The molecule has 7 nitrogen and oxygen atoms in total. The van der Waals surface area contributed by atoms with Crippen LogP contribution in [0.5, 0.6) is 5.75 Å². The van der Waals surface area contributed by atoms with Gasteiger partial charge < -0.3 is 14.8 Å². The fraction of sp³-hybridized carbons (Fsp3) is 0.500. The van der Waals surface area contributed by atoms with Gasteiger partial charge in [0.05, 0.1) is 19.9 Å². The molecule has 1 N–H and O–H groups in total. The van der Waals surface area contributed by atoms with Crippen LogP contribution in [0.2, 0.25) is 0 Å². The molecule has 1 atom stereocenters. The van der Waals surface area contributed by atoms with Crippen molar-refractivity contribution in [2.24, 2.45) is 0 Å². The number of likely N-dealkylation sites (N-methyl/N-ethyl adjacent to an activating group) is 1. The molecule has 1 amide bonds. The summed E-state index contributed by atoms with van der Waals surface area (Å²) in [5.74, 6) is 0.265. The average molecular weight is 330 g/mol. The van der Waals surface area contributed by atoms with Crippen LogP contribution in [0.3, 0.4) is 0 Å². The minimum atomic E-state index is -3.38. The van der Waals surface area contributed by atoms with Crippen molar-refractivity contribution in [3.8, 4) is 5.75 Å². The molecule has 0 bridgehead atoms. The molecule has 124 valence electrons. The Bertz CT molecular complexity index is 603. The van der Waals surface area contributed by atoms with Gasteiger partial charge in [-0.1, -0.05) is 18.2 Å². The van der Waals surface area contributed by atoms with E-state index in [1.807, 2.05) is 18.2 Å². The normalized spacial score (nSPS) is 13.0. The summed E-state index contributed by atoms with van der Waals surface area (Å²) in [5, 5.41) is 2.66. The van der Waals surface area contributed by atoms with Crippen molar-refractivity contribution in [1.82, 2.24) is 9.62 Å². The summed E-state index contributed by atoms with van der Waals surface area (Å²) in [5.41, 5.74) is 0.810. The van der Waals surface area contributed by atoms with E-state index in [-0.39, 0.29) is 19.2 Å². The number of para-hydroxylation sites is 1. The molecule has 1 rings (SSSR count). The van der Waals surface area contributed by atoms with E-state index in [1.165, 1.54) is 14.2 Å². The van der Waals surface area contributed by atoms with Crippen LogP contribution in [0.15, 0.2) is 24.3 Å². The van der Waals surface area contributed by atoms with Gasteiger partial charge >= 0.3 is 0 Å². The third kappa shape index (κ3) is 5.28. The predicted octanol–water partition coefficient (Wildman–Crippen LogP) is 0.390. The third-order valence-corrected chi connectivity index (χ3v) is 4.45. The summed E-state index contributed by atoms with van der Waals surface area (Å²) in [7, 11) is 1.06. The van der Waals surface area contributed by atoms with Crippen molar-refractivity contribution >= 4 is 15.9 Å². The standard InChI is InChI=1S/C14H22N2O5S/c1-16(22(4,18)19)10-14(17)15-9-13(21-3)11-7-5-6-8-12(11)20-2/h5-8,13H,9-10H2,1-4H3,(H,15,17). The molecule has 22 heavy (non-hydrogen) atoms. The average Bonchev–Trinajstić information content (AvgIpc) is 2.47. The number of nitrogens with one attached hydrogen (secondary N) is 1. The van der Waals surface area contributed by atoms with Gasteiger partial charge in [-0.2, -0.15) is 4.31 Å². The van der Waals surface area contributed by atoms with E-state index in [9.17, 15) is 13.2 Å². The minimum absolute atomic E-state index is 0.216. The Hall–Kier alpha value is -1.64. The molecule has 0 saturated heterocycles. The zero-order valence-electron chi connectivity index (χ0n) is 13.2. The van der Waals surface area contributed by atoms with Crippen LogP contribution < -0.4 is 10.1 Å². The molecule has 0 aliphatic rings. The fourth-order valence-electron chi connectivity index (χ4n) is 1.83. The van der Waals surface area contributed by atoms with E-state index in [4.69, 9.17) is 9.47 Å². The van der Waals surface area contributed by atoms with Crippen molar-refractivity contribution in [2.45, 2.75) is 6.10 Å². The number of hydrogen-bond acceptors (Lipinski definition) is 5. The van der Waals surface area contributed by atoms with Crippen molar-refractivity contribution < 1.29 is 22.7 Å². The van der Waals surface area contributed by atoms with Crippen molar-refractivity contribution in [1.29, 1.82) is 0 Å². The Kier molecular flexibility index (Phi) is 6.79. The second-order valence-electron chi connectivity index (χ2n) is 4.79. The molecule has 1 unspecified atom stereocenters. The number of nitrogens with zero attached hydrogens (tertiary/aromatic N) is 1. The molecule has 1 aromatic carbocycles. The maximum atomic E-state index is 11.8. The van der Waals surface area contributed by atoms with E-state index < -0.39 is 15.9 Å². The van der Waals surface area contributed by atoms with Gasteiger partial charge in [0.1, 0.15) is 11.9 Å². The van der Waals surface area contributed by atoms with Gasteiger partial charge in [0, 0.05) is 26.3 Å². The number of methoxy groups -OCH3 is 2. The summed E-state index contributed by atoms with van der Waals surface area (Å²) in [4.78, 5) is 11.8. The number of amides is 1. The van der Waals surface area contributed by atoms with Gasteiger partial charge in [-0.05, 0) is 6.07 Å². The van der Waals surface area contributed by atoms with Crippen LogP contribution in [-0.4, -0.2) is 59.2 Å². The summed E-state index contributed by atoms with van der Waals surface area (Å²) < 4.78 is 34.2. The topological polar surface area (TPSA) is 84.9 Å². The highest BCUT2D eigenvalue weighted by Gasteiger charge is 2.18. The van der Waals surface area contributed by atoms with Crippen molar-refractivity contribution in [3.63, 3.8) is 0 Å². The summed E-state index contributed by atoms with van der Waals surface area (Å²) in [6.45, 7) is -0.0193. The lowest BCUT2D eigenvalue weighted by Crippen LogP contribution is -2.39. The smallest absolute Gasteiger partial charge is 0.235 e. The van der Waals surface area contributed by atoms with Crippen LogP contribution in [0, 0.1) is 0 Å². The predicted molar refractivity (Wildman–Crippen MR) is 83.2 cm³/mol. The number of ether oxygens (including phenoxy) is 2. The SMILES string of the molecule is COc1ccccc1C(CNC(=O)CN(C)S(C)(=O)=O)OC. The van der Waals surface area contributed by atoms with Gasteiger partial charge in [0.15, 0.2) is 0 Å². The summed E-state index contributed by atoms with van der Waals surface area (Å²) in [6.07, 6.45) is 0.663. The molecule has 0 saturated carbocycles. The first-order valence-corrected chi connectivity index (χ1v) is 8.48. The van der Waals surface area contributed by atoms with Crippen molar-refractivity contribution in [3.05, 3.63) is 29.8 Å². The van der Waals surface area contributed by atoms with Crippen LogP contribution in [0.1, 0.15) is 11.7 Å². The highest BCUT2D eigenvalue weighted by atomic mass is 32.2. The zero-order chi connectivity index (χ0) is 16.8. The van der Waals surface area contributed by atoms with E-state index in [0.717, 1.165) is 16.1 Å². The van der Waals surface area contributed by atoms with E-state index in [0.29, 0.717) is 5.75 Å². The Labute approximate surface area is 131 Å². The van der Waals surface area contributed by atoms with E-state index in [2.05, 4.69) is 5.32 Å². The minimum Gasteiger partial charge on any atom is -0.496 e. The first-order valence-electron chi connectivity index (χ1n) is 6.63. The molecule has 0 radical (unpaired) electrons. The number of rotatable bonds is 8. The molecule has 0 aliphatic heterocycles. The Morgan fingerprint density at radius 3 is 2.50 bits per heavy atom. The number of carbonyl (C=O) groups excluding carboxylic acids is 1. The van der Waals surface area contributed by atoms with Crippen LogP contribution in [0.25, 0.3) is 0 Å². The lowest BCUT2D eigenvalue weighted by Gasteiger charge is -2.20. The summed E-state index contributed by atoms with van der Waals surface area (Å²) >= 11 is 0. The zero-order valence-corrected chi connectivity index (χ0v) is 14.0. The number of sulfonamides is 1. The molecule has 0 heterocycles. The third-order valence-electron chi connectivity index (χ3n) is 3.19. The second kappa shape index (κ2) is 8.11. The molecule has 0 aromatic heterocycles. The van der Waals surface area contributed by atoms with E-state index in [1.54, 1.807) is 13.2 Å². The fourth-order valence-corrected chi connectivity index (χ4v) is 2.19. The monoisotopic (exact) mass is 330 g/mol. The molecule has 0 aliphatic carbocycles. The maximum absolute atomic E-state index is 11.8. The number of benzene rings is 1. The Morgan fingerprint density at radius 1 is 1.32 bits per heavy atom. The quantitative estimate of drug-likeness (QED) is 0.745. The molecular weight excluding hydrogens is 308 g/mol. The van der Waals surface area contributed by atoms with Gasteiger partial charge in [0.2, 0.25) is 15.9 Å². The molecule has 0 spiro atoms. The lowest BCUT2D eigenvalue weighted by atomic mass is 10.1. The lowest BCUT2D eigenvalue weighted by molar-refractivity contribution is -0.121. The van der Waals surface area contributed by atoms with Gasteiger partial charge in [-0.25, -0.2) is 8.42 Å². The highest BCUT2D eigenvalue weighted by molar-refractivity contribution is 7.88. The van der Waals surface area contributed by atoms with E-state index >= 15 is 0 Å². The highest BCUT2D eigenvalue weighted by Crippen LogP contribution is 2.26.